The van der Waals surface area contributed by atoms with Gasteiger partial charge in [0.1, 0.15) is 5.82 Å². The van der Waals surface area contributed by atoms with Crippen molar-refractivity contribution in [1.29, 1.82) is 0 Å². The molecule has 0 atom stereocenters. The average Bonchev–Trinajstić information content (AvgIpc) is 2.84. The van der Waals surface area contributed by atoms with Crippen LogP contribution in [0.25, 0.3) is 10.6 Å². The Morgan fingerprint density at radius 2 is 2.25 bits per heavy atom. The van der Waals surface area contributed by atoms with E-state index in [2.05, 4.69) is 37.3 Å². The van der Waals surface area contributed by atoms with Gasteiger partial charge in [0, 0.05) is 12.1 Å². The van der Waals surface area contributed by atoms with Crippen LogP contribution >= 0.6 is 27.3 Å². The Morgan fingerprint density at radius 3 is 3.00 bits per heavy atom. The summed E-state index contributed by atoms with van der Waals surface area (Å²) in [5, 5.41) is 3.22. The summed E-state index contributed by atoms with van der Waals surface area (Å²) in [7, 11) is 0. The number of nitrogen functional groups attached to an aromatic ring is 1. The van der Waals surface area contributed by atoms with Gasteiger partial charge in [-0.15, -0.1) is 11.3 Å². The number of hydrogen-bond acceptors (Lipinski definition) is 5. The van der Waals surface area contributed by atoms with Crippen molar-refractivity contribution in [1.82, 2.24) is 9.97 Å². The zero-order valence-electron chi connectivity index (χ0n) is 8.33. The van der Waals surface area contributed by atoms with Crippen molar-refractivity contribution in [2.45, 2.75) is 6.42 Å². The lowest BCUT2D eigenvalue weighted by Crippen LogP contribution is -2.00. The first-order valence-corrected chi connectivity index (χ1v) is 6.51. The summed E-state index contributed by atoms with van der Waals surface area (Å²) in [4.78, 5) is 9.67. The molecule has 6 heteroatoms. The lowest BCUT2D eigenvalue weighted by molar-refractivity contribution is 1.10. The molecule has 2 aromatic heterocycles. The smallest absolute Gasteiger partial charge is 0.222 e. The molecule has 0 bridgehead atoms. The number of thiophene rings is 1. The number of halogens is 1. The highest BCUT2D eigenvalue weighted by molar-refractivity contribution is 9.11. The van der Waals surface area contributed by atoms with Crippen LogP contribution in [0.4, 0.5) is 11.8 Å². The molecule has 0 unspecified atom stereocenters. The van der Waals surface area contributed by atoms with Crippen molar-refractivity contribution in [3.05, 3.63) is 21.5 Å². The first-order valence-electron chi connectivity index (χ1n) is 4.90. The lowest BCUT2D eigenvalue weighted by atomic mass is 10.1. The number of anilines is 2. The molecule has 0 aromatic carbocycles. The molecule has 4 nitrogen and oxygen atoms in total. The molecule has 16 heavy (non-hydrogen) atoms. The van der Waals surface area contributed by atoms with Gasteiger partial charge in [-0.05, 0) is 34.5 Å². The first-order chi connectivity index (χ1) is 7.74. The fourth-order valence-corrected chi connectivity index (χ4v) is 3.24. The Bertz CT molecular complexity index is 552. The molecule has 0 saturated carbocycles. The number of hydrogen-bond donors (Lipinski definition) is 2. The Hall–Kier alpha value is -1.14. The third-order valence-corrected chi connectivity index (χ3v) is 4.13. The third-order valence-electron chi connectivity index (χ3n) is 2.50. The number of fused-ring (bicyclic) bond motifs is 1. The molecule has 0 spiro atoms. The highest BCUT2D eigenvalue weighted by Gasteiger charge is 2.20. The maximum Gasteiger partial charge on any atom is 0.222 e. The fraction of sp³-hybridized carbons (Fsp3) is 0.200. The Labute approximate surface area is 105 Å². The van der Waals surface area contributed by atoms with Crippen LogP contribution in [0.15, 0.2) is 15.9 Å². The molecule has 0 amide bonds. The molecule has 0 fully saturated rings. The summed E-state index contributed by atoms with van der Waals surface area (Å²) in [5.74, 6) is 1.21. The monoisotopic (exact) mass is 296 g/mol. The number of nitrogens with one attached hydrogen (secondary N) is 1. The zero-order valence-corrected chi connectivity index (χ0v) is 10.7. The molecule has 1 aliphatic heterocycles. The van der Waals surface area contributed by atoms with Crippen molar-refractivity contribution in [3.8, 4) is 10.6 Å². The minimum Gasteiger partial charge on any atom is -0.369 e. The largest absolute Gasteiger partial charge is 0.369 e. The van der Waals surface area contributed by atoms with E-state index < -0.39 is 0 Å². The number of nitrogens with two attached hydrogens (primary N) is 1. The van der Waals surface area contributed by atoms with Crippen molar-refractivity contribution < 1.29 is 0 Å². The first kappa shape index (κ1) is 10.0. The van der Waals surface area contributed by atoms with E-state index >= 15 is 0 Å². The van der Waals surface area contributed by atoms with Gasteiger partial charge < -0.3 is 11.1 Å². The quantitative estimate of drug-likeness (QED) is 0.849. The second-order valence-corrected chi connectivity index (χ2v) is 6.00. The Morgan fingerprint density at radius 1 is 1.38 bits per heavy atom. The van der Waals surface area contributed by atoms with E-state index in [0.29, 0.717) is 5.95 Å². The minimum atomic E-state index is 0.327. The van der Waals surface area contributed by atoms with Crippen LogP contribution in [0.1, 0.15) is 5.56 Å². The van der Waals surface area contributed by atoms with Gasteiger partial charge in [0.25, 0.3) is 0 Å². The van der Waals surface area contributed by atoms with Gasteiger partial charge in [0.2, 0.25) is 5.95 Å². The van der Waals surface area contributed by atoms with E-state index in [9.17, 15) is 0 Å². The van der Waals surface area contributed by atoms with E-state index in [1.807, 2.05) is 6.07 Å². The maximum atomic E-state index is 5.71. The molecular weight excluding hydrogens is 288 g/mol. The van der Waals surface area contributed by atoms with E-state index in [4.69, 9.17) is 5.73 Å². The second-order valence-electron chi connectivity index (χ2n) is 3.54. The molecular formula is C10H9BrN4S. The fourth-order valence-electron chi connectivity index (χ4n) is 1.84. The highest BCUT2D eigenvalue weighted by Crippen LogP contribution is 2.36. The van der Waals surface area contributed by atoms with Crippen LogP contribution in [0.2, 0.25) is 0 Å². The van der Waals surface area contributed by atoms with E-state index in [0.717, 1.165) is 33.1 Å². The molecule has 2 aromatic rings. The molecule has 82 valence electrons. The zero-order chi connectivity index (χ0) is 11.1. The minimum absolute atomic E-state index is 0.327. The summed E-state index contributed by atoms with van der Waals surface area (Å²) in [6, 6.07) is 4.07. The summed E-state index contributed by atoms with van der Waals surface area (Å²) in [5.41, 5.74) is 7.84. The van der Waals surface area contributed by atoms with Crippen molar-refractivity contribution in [2.75, 3.05) is 17.6 Å². The van der Waals surface area contributed by atoms with Gasteiger partial charge in [-0.2, -0.15) is 4.98 Å². The van der Waals surface area contributed by atoms with Gasteiger partial charge in [-0.25, -0.2) is 4.98 Å². The van der Waals surface area contributed by atoms with Crippen LogP contribution in [-0.2, 0) is 6.42 Å². The van der Waals surface area contributed by atoms with E-state index in [-0.39, 0.29) is 0 Å². The van der Waals surface area contributed by atoms with E-state index in [1.165, 1.54) is 5.56 Å². The average molecular weight is 297 g/mol. The molecule has 0 aliphatic carbocycles. The van der Waals surface area contributed by atoms with Gasteiger partial charge >= 0.3 is 0 Å². The third kappa shape index (κ3) is 1.58. The van der Waals surface area contributed by atoms with Crippen molar-refractivity contribution in [3.63, 3.8) is 0 Å². The number of aromatic nitrogens is 2. The van der Waals surface area contributed by atoms with Crippen LogP contribution in [0, 0.1) is 0 Å². The second kappa shape index (κ2) is 3.71. The summed E-state index contributed by atoms with van der Waals surface area (Å²) < 4.78 is 1.10. The molecule has 0 radical (unpaired) electrons. The van der Waals surface area contributed by atoms with Gasteiger partial charge in [-0.3, -0.25) is 0 Å². The van der Waals surface area contributed by atoms with Crippen LogP contribution < -0.4 is 11.1 Å². The number of nitrogens with zero attached hydrogens (tertiary/aromatic N) is 2. The summed E-state index contributed by atoms with van der Waals surface area (Å²) >= 11 is 5.12. The van der Waals surface area contributed by atoms with Crippen LogP contribution in [0.5, 0.6) is 0 Å². The summed E-state index contributed by atoms with van der Waals surface area (Å²) in [6.07, 6.45) is 0.959. The van der Waals surface area contributed by atoms with Crippen LogP contribution in [0.3, 0.4) is 0 Å². The van der Waals surface area contributed by atoms with Gasteiger partial charge in [0.15, 0.2) is 0 Å². The lowest BCUT2D eigenvalue weighted by Gasteiger charge is -2.05. The molecule has 1 aliphatic rings. The molecule has 3 rings (SSSR count). The van der Waals surface area contributed by atoms with Gasteiger partial charge in [-0.1, -0.05) is 0 Å². The van der Waals surface area contributed by atoms with Gasteiger partial charge in [0.05, 0.1) is 14.4 Å². The molecule has 0 saturated heterocycles. The highest BCUT2D eigenvalue weighted by atomic mass is 79.9. The van der Waals surface area contributed by atoms with Crippen LogP contribution in [-0.4, -0.2) is 16.5 Å². The standard InChI is InChI=1S/C10H9BrN4S/c11-7-2-1-6(16-7)8-5-3-4-13-9(5)15-10(12)14-8/h1-2H,3-4H2,(H3,12,13,14,15). The predicted molar refractivity (Wildman–Crippen MR) is 69.7 cm³/mol. The number of rotatable bonds is 1. The van der Waals surface area contributed by atoms with Crippen molar-refractivity contribution >= 4 is 39.0 Å². The normalized spacial score (nSPS) is 13.6. The predicted octanol–water partition coefficient (Wildman–Crippen LogP) is 2.52. The van der Waals surface area contributed by atoms with Crippen molar-refractivity contribution in [2.24, 2.45) is 0 Å². The molecule has 3 heterocycles. The SMILES string of the molecule is Nc1nc2c(c(-c3ccc(Br)s3)n1)CCN2. The Kier molecular flexibility index (Phi) is 2.33. The summed E-state index contributed by atoms with van der Waals surface area (Å²) in [6.45, 7) is 0.910. The topological polar surface area (TPSA) is 63.8 Å². The molecule has 3 N–H and O–H groups in total. The van der Waals surface area contributed by atoms with E-state index in [1.54, 1.807) is 11.3 Å². The Balaban J connectivity index is 2.20. The maximum absolute atomic E-state index is 5.71.